The normalized spacial score (nSPS) is 12.3. The van der Waals surface area contributed by atoms with E-state index in [-0.39, 0.29) is 10.1 Å². The van der Waals surface area contributed by atoms with Gasteiger partial charge in [0.2, 0.25) is 0 Å². The number of imidazole rings is 1. The summed E-state index contributed by atoms with van der Waals surface area (Å²) in [6, 6.07) is 9.39. The van der Waals surface area contributed by atoms with E-state index in [0.29, 0.717) is 42.7 Å². The number of quaternary nitrogens is 1. The minimum Gasteiger partial charge on any atom is -0.497 e. The smallest absolute Gasteiger partial charge is 0.199 e. The third kappa shape index (κ3) is 3.07. The van der Waals surface area contributed by atoms with Crippen molar-refractivity contribution < 1.29 is 14.6 Å². The van der Waals surface area contributed by atoms with Crippen LogP contribution in [0.3, 0.4) is 0 Å². The Kier molecular flexibility index (Phi) is 4.80. The minimum atomic E-state index is -0.0462. The fraction of sp³-hybridized carbons (Fsp3) is 0.364. The summed E-state index contributed by atoms with van der Waals surface area (Å²) >= 11 is 0. The molecule has 0 amide bonds. The molecule has 0 aliphatic carbocycles. The van der Waals surface area contributed by atoms with Crippen LogP contribution in [0.5, 0.6) is 5.75 Å². The zero-order valence-corrected chi connectivity index (χ0v) is 17.3. The maximum absolute atomic E-state index is 13.5. The predicted molar refractivity (Wildman–Crippen MR) is 115 cm³/mol. The third-order valence-electron chi connectivity index (χ3n) is 5.92. The van der Waals surface area contributed by atoms with E-state index >= 15 is 0 Å². The van der Waals surface area contributed by atoms with E-state index in [0.717, 1.165) is 28.1 Å². The molecule has 29 heavy (non-hydrogen) atoms. The van der Waals surface area contributed by atoms with Crippen LogP contribution in [0.25, 0.3) is 27.3 Å². The van der Waals surface area contributed by atoms with E-state index in [9.17, 15) is 10.0 Å². The maximum Gasteiger partial charge on any atom is 0.199 e. The standard InChI is InChI=1S/C22H26N4O3/c1-5-26(28,6-2)12-11-23-17-8-9-18-21-20(17)22(27)16-13-15(29-4)7-10-19(16)25(21)14(3)24-18/h7-10,13,28H,5-6,11-12H2,1-4H3/p+1. The maximum atomic E-state index is 13.5. The molecule has 0 unspecified atom stereocenters. The second kappa shape index (κ2) is 7.17. The number of aromatic nitrogens is 2. The van der Waals surface area contributed by atoms with Crippen molar-refractivity contribution in [1.82, 2.24) is 9.38 Å². The first-order valence-electron chi connectivity index (χ1n) is 10.00. The van der Waals surface area contributed by atoms with E-state index in [1.165, 1.54) is 0 Å². The van der Waals surface area contributed by atoms with Gasteiger partial charge in [-0.3, -0.25) is 9.20 Å². The van der Waals surface area contributed by atoms with Crippen molar-refractivity contribution in [2.75, 3.05) is 38.6 Å². The van der Waals surface area contributed by atoms with Gasteiger partial charge in [0.05, 0.1) is 41.0 Å². The Hall–Kier alpha value is -2.90. The number of benzene rings is 2. The Labute approximate surface area is 169 Å². The van der Waals surface area contributed by atoms with Crippen LogP contribution in [0.15, 0.2) is 35.1 Å². The zero-order valence-electron chi connectivity index (χ0n) is 17.3. The van der Waals surface area contributed by atoms with Crippen molar-refractivity contribution in [1.29, 1.82) is 0 Å². The molecule has 2 heterocycles. The molecule has 0 radical (unpaired) electrons. The van der Waals surface area contributed by atoms with Crippen LogP contribution >= 0.6 is 0 Å². The summed E-state index contributed by atoms with van der Waals surface area (Å²) in [5.41, 5.74) is 3.16. The van der Waals surface area contributed by atoms with Crippen molar-refractivity contribution in [2.45, 2.75) is 20.8 Å². The molecule has 0 saturated heterocycles. The monoisotopic (exact) mass is 395 g/mol. The molecule has 4 rings (SSSR count). The van der Waals surface area contributed by atoms with Crippen LogP contribution in [-0.2, 0) is 0 Å². The molecule has 7 heteroatoms. The Morgan fingerprint density at radius 1 is 1.21 bits per heavy atom. The molecule has 0 aliphatic heterocycles. The number of aryl methyl sites for hydroxylation is 1. The fourth-order valence-corrected chi connectivity index (χ4v) is 4.05. The van der Waals surface area contributed by atoms with Crippen LogP contribution in [0.4, 0.5) is 5.69 Å². The molecule has 2 aromatic heterocycles. The van der Waals surface area contributed by atoms with Crippen LogP contribution in [0, 0.1) is 6.92 Å². The van der Waals surface area contributed by atoms with Crippen molar-refractivity contribution in [3.05, 3.63) is 46.4 Å². The van der Waals surface area contributed by atoms with Crippen molar-refractivity contribution >= 4 is 33.0 Å². The minimum absolute atomic E-state index is 0.00437. The molecule has 0 aliphatic rings. The second-order valence-electron chi connectivity index (χ2n) is 7.44. The zero-order chi connectivity index (χ0) is 20.8. The van der Waals surface area contributed by atoms with E-state index < -0.39 is 0 Å². The predicted octanol–water partition coefficient (Wildman–Crippen LogP) is 3.41. The van der Waals surface area contributed by atoms with Crippen LogP contribution in [0.2, 0.25) is 0 Å². The van der Waals surface area contributed by atoms with Gasteiger partial charge in [0.1, 0.15) is 31.2 Å². The van der Waals surface area contributed by atoms with Gasteiger partial charge in [0.15, 0.2) is 5.43 Å². The highest BCUT2D eigenvalue weighted by molar-refractivity contribution is 6.07. The van der Waals surface area contributed by atoms with Gasteiger partial charge in [-0.25, -0.2) is 10.2 Å². The van der Waals surface area contributed by atoms with Gasteiger partial charge in [-0.2, -0.15) is 4.65 Å². The average molecular weight is 395 g/mol. The van der Waals surface area contributed by atoms with Crippen molar-refractivity contribution in [2.24, 2.45) is 0 Å². The summed E-state index contributed by atoms with van der Waals surface area (Å²) in [4.78, 5) is 18.1. The molecular weight excluding hydrogens is 368 g/mol. The van der Waals surface area contributed by atoms with Crippen molar-refractivity contribution in [3.63, 3.8) is 0 Å². The number of hydrogen-bond acceptors (Lipinski definition) is 5. The van der Waals surface area contributed by atoms with E-state index in [1.54, 1.807) is 13.2 Å². The first-order chi connectivity index (χ1) is 13.9. The number of hydrogen-bond donors (Lipinski definition) is 2. The lowest BCUT2D eigenvalue weighted by atomic mass is 10.1. The number of methoxy groups -OCH3 is 1. The number of anilines is 1. The SMILES string of the molecule is CC[N+](O)(CC)CCNc1ccc2nc(C)n3c4ccc(OC)cc4c(=O)c1c23. The molecule has 2 aromatic carbocycles. The van der Waals surface area contributed by atoms with Crippen LogP contribution in [0.1, 0.15) is 19.7 Å². The van der Waals surface area contributed by atoms with Gasteiger partial charge >= 0.3 is 0 Å². The number of fused-ring (bicyclic) bond motifs is 2. The van der Waals surface area contributed by atoms with E-state index in [1.807, 2.05) is 49.4 Å². The topological polar surface area (TPSA) is 75.9 Å². The van der Waals surface area contributed by atoms with Gasteiger partial charge in [0, 0.05) is 5.69 Å². The summed E-state index contributed by atoms with van der Waals surface area (Å²) in [6.45, 7) is 8.28. The number of nitrogens with zero attached hydrogens (tertiary/aromatic N) is 3. The average Bonchev–Trinajstić information content (AvgIpc) is 3.08. The van der Waals surface area contributed by atoms with Crippen LogP contribution in [-0.4, -0.2) is 52.5 Å². The summed E-state index contributed by atoms with van der Waals surface area (Å²) in [5.74, 6) is 1.48. The molecule has 0 spiro atoms. The number of pyridine rings is 1. The second-order valence-corrected chi connectivity index (χ2v) is 7.44. The van der Waals surface area contributed by atoms with Gasteiger partial charge in [-0.05, 0) is 51.1 Å². The first-order valence-corrected chi connectivity index (χ1v) is 10.00. The third-order valence-corrected chi connectivity index (χ3v) is 5.92. The molecule has 0 atom stereocenters. The molecule has 0 bridgehead atoms. The Morgan fingerprint density at radius 2 is 1.97 bits per heavy atom. The molecule has 0 saturated carbocycles. The van der Waals surface area contributed by atoms with Gasteiger partial charge in [0.25, 0.3) is 0 Å². The summed E-state index contributed by atoms with van der Waals surface area (Å²) in [5, 5.41) is 15.1. The lowest BCUT2D eigenvalue weighted by Crippen LogP contribution is -2.47. The highest BCUT2D eigenvalue weighted by Crippen LogP contribution is 2.31. The lowest BCUT2D eigenvalue weighted by Gasteiger charge is -2.27. The lowest BCUT2D eigenvalue weighted by molar-refractivity contribution is -1.10. The molecule has 4 aromatic rings. The summed E-state index contributed by atoms with van der Waals surface area (Å²) in [7, 11) is 1.59. The Morgan fingerprint density at radius 3 is 2.66 bits per heavy atom. The highest BCUT2D eigenvalue weighted by atomic mass is 16.5. The molecule has 152 valence electrons. The van der Waals surface area contributed by atoms with Crippen molar-refractivity contribution in [3.8, 4) is 5.75 Å². The number of ether oxygens (including phenoxy) is 1. The number of rotatable bonds is 7. The summed E-state index contributed by atoms with van der Waals surface area (Å²) < 4.78 is 7.37. The highest BCUT2D eigenvalue weighted by Gasteiger charge is 2.21. The Balaban J connectivity index is 1.90. The van der Waals surface area contributed by atoms with Gasteiger partial charge < -0.3 is 10.1 Å². The van der Waals surface area contributed by atoms with Gasteiger partial charge in [-0.15, -0.1) is 0 Å². The molecule has 2 N–H and O–H groups in total. The molecule has 7 nitrogen and oxygen atoms in total. The van der Waals surface area contributed by atoms with E-state index in [2.05, 4.69) is 10.3 Å². The molecular formula is C22H27N4O3+. The fourth-order valence-electron chi connectivity index (χ4n) is 4.05. The van der Waals surface area contributed by atoms with Crippen LogP contribution < -0.4 is 15.5 Å². The number of likely N-dealkylation sites (N-methyl/N-ethyl adjacent to an activating group) is 1. The van der Waals surface area contributed by atoms with E-state index in [4.69, 9.17) is 4.74 Å². The number of hydroxylamine groups is 3. The molecule has 0 fully saturated rings. The summed E-state index contributed by atoms with van der Waals surface area (Å²) in [6.07, 6.45) is 0. The first kappa shape index (κ1) is 19.4. The largest absolute Gasteiger partial charge is 0.497 e. The quantitative estimate of drug-likeness (QED) is 0.285. The Bertz CT molecular complexity index is 1240. The van der Waals surface area contributed by atoms with Gasteiger partial charge in [-0.1, -0.05) is 0 Å². The number of nitrogens with one attached hydrogen (secondary N) is 1.